The Morgan fingerprint density at radius 2 is 1.00 bits per heavy atom. The second kappa shape index (κ2) is 11.9. The molecule has 0 saturated heterocycles. The van der Waals surface area contributed by atoms with E-state index in [0.717, 1.165) is 58.3 Å². The first-order valence-electron chi connectivity index (χ1n) is 12.7. The third kappa shape index (κ3) is 5.22. The molecule has 2 atom stereocenters. The summed E-state index contributed by atoms with van der Waals surface area (Å²) in [7, 11) is 1.86. The van der Waals surface area contributed by atoms with Crippen molar-refractivity contribution in [1.82, 2.24) is 15.0 Å². The quantitative estimate of drug-likeness (QED) is 0.172. The van der Waals surface area contributed by atoms with Crippen molar-refractivity contribution in [3.8, 4) is 0 Å². The van der Waals surface area contributed by atoms with Crippen LogP contribution in [0.4, 0.5) is 0 Å². The van der Waals surface area contributed by atoms with E-state index in [9.17, 15) is 0 Å². The molecule has 3 aromatic heterocycles. The molecule has 2 aromatic carbocycles. The molecule has 0 fully saturated rings. The molecular weight excluding hydrogens is 553 g/mol. The van der Waals surface area contributed by atoms with Gasteiger partial charge in [-0.3, -0.25) is 15.0 Å². The fraction of sp³-hybridized carbons (Fsp3) is 0.182. The first-order valence-corrected chi connectivity index (χ1v) is 12.7. The Balaban J connectivity index is 0.00000294. The molecule has 187 valence electrons. The van der Waals surface area contributed by atoms with Gasteiger partial charge >= 0.3 is 19.5 Å². The Labute approximate surface area is 237 Å². The molecule has 0 N–H and O–H groups in total. The number of rotatable bonds is 5. The molecule has 5 aromatic rings. The van der Waals surface area contributed by atoms with Gasteiger partial charge in [0, 0.05) is 29.1 Å². The molecule has 1 aliphatic rings. The van der Waals surface area contributed by atoms with Crippen LogP contribution in [-0.4, -0.2) is 28.5 Å². The van der Waals surface area contributed by atoms with Gasteiger partial charge in [0.25, 0.3) is 0 Å². The predicted molar refractivity (Wildman–Crippen MR) is 146 cm³/mol. The zero-order chi connectivity index (χ0) is 25.0. The van der Waals surface area contributed by atoms with E-state index in [4.69, 9.17) is 15.0 Å². The third-order valence-corrected chi connectivity index (χ3v) is 7.00. The number of hydrogen-bond acceptors (Lipinski definition) is 3. The normalized spacial score (nSPS) is 18.0. The zero-order valence-corrected chi connectivity index (χ0v) is 22.8. The van der Waals surface area contributed by atoms with Crippen LogP contribution in [0.1, 0.15) is 69.5 Å². The number of fused-ring (bicyclic) bond motifs is 6. The standard InChI is InChI=1S/C33H27N4.Ru/c1-34-22-21-25-26-15-8-17-28(35-26)32(23-11-4-2-5-12-23)30-19-10-20-31(37-30)33(24-13-6-3-7-14-24)29-18-9-16-27(25)36-29;/h2-11,13,15-20,25,32-33H,21-22H2,1H3;/q-3;+3. The van der Waals surface area contributed by atoms with Gasteiger partial charge in [0.2, 0.25) is 0 Å². The minimum absolute atomic E-state index is 0. The summed E-state index contributed by atoms with van der Waals surface area (Å²) in [5.41, 5.74) is 7.93. The summed E-state index contributed by atoms with van der Waals surface area (Å²) in [6.45, 7) is 0.745. The van der Waals surface area contributed by atoms with Crippen LogP contribution in [0, 0.1) is 12.1 Å². The summed E-state index contributed by atoms with van der Waals surface area (Å²) in [6, 6.07) is 42.1. The average molecular weight is 581 g/mol. The van der Waals surface area contributed by atoms with Crippen molar-refractivity contribution in [2.75, 3.05) is 13.6 Å². The van der Waals surface area contributed by atoms with Crippen LogP contribution >= 0.6 is 0 Å². The summed E-state index contributed by atoms with van der Waals surface area (Å²) < 4.78 is 0. The maximum Gasteiger partial charge on any atom is 3.00 e. The smallest absolute Gasteiger partial charge is 0.665 e. The Morgan fingerprint density at radius 3 is 1.39 bits per heavy atom. The Kier molecular flexibility index (Phi) is 8.17. The van der Waals surface area contributed by atoms with E-state index < -0.39 is 0 Å². The summed E-state index contributed by atoms with van der Waals surface area (Å²) in [5.74, 6) is -0.234. The van der Waals surface area contributed by atoms with Crippen LogP contribution in [0.2, 0.25) is 0 Å². The average Bonchev–Trinajstić information content (AvgIpc) is 2.95. The molecule has 6 bridgehead atoms. The van der Waals surface area contributed by atoms with Gasteiger partial charge < -0.3 is 5.32 Å². The van der Waals surface area contributed by atoms with Crippen LogP contribution in [0.15, 0.2) is 103 Å². The van der Waals surface area contributed by atoms with Crippen LogP contribution in [0.25, 0.3) is 5.32 Å². The molecule has 1 radical (unpaired) electrons. The van der Waals surface area contributed by atoms with Crippen LogP contribution < -0.4 is 0 Å². The van der Waals surface area contributed by atoms with E-state index in [0.29, 0.717) is 0 Å². The Hall–Kier alpha value is -3.53. The first kappa shape index (κ1) is 26.1. The maximum atomic E-state index is 5.26. The van der Waals surface area contributed by atoms with E-state index in [-0.39, 0.29) is 37.2 Å². The van der Waals surface area contributed by atoms with Crippen molar-refractivity contribution in [1.29, 1.82) is 0 Å². The van der Waals surface area contributed by atoms with Crippen molar-refractivity contribution >= 4 is 0 Å². The number of hydrogen-bond donors (Lipinski definition) is 0. The molecule has 0 amide bonds. The first-order chi connectivity index (χ1) is 18.3. The fourth-order valence-corrected chi connectivity index (χ4v) is 5.26. The van der Waals surface area contributed by atoms with Crippen LogP contribution in [0.5, 0.6) is 0 Å². The van der Waals surface area contributed by atoms with Gasteiger partial charge in [-0.2, -0.15) is 67.7 Å². The van der Waals surface area contributed by atoms with Gasteiger partial charge in [-0.25, -0.2) is 0 Å². The van der Waals surface area contributed by atoms with E-state index in [1.807, 2.05) is 31.3 Å². The maximum absolute atomic E-state index is 5.26. The van der Waals surface area contributed by atoms with E-state index >= 15 is 0 Å². The van der Waals surface area contributed by atoms with Crippen LogP contribution in [-0.2, 0) is 19.5 Å². The molecule has 6 rings (SSSR count). The predicted octanol–water partition coefficient (Wildman–Crippen LogP) is 6.67. The summed E-state index contributed by atoms with van der Waals surface area (Å²) in [4.78, 5) is 15.7. The third-order valence-electron chi connectivity index (χ3n) is 7.00. The number of nitrogens with zero attached hydrogens (tertiary/aromatic N) is 4. The van der Waals surface area contributed by atoms with Gasteiger partial charge in [-0.15, -0.1) is 17.7 Å². The topological polar surface area (TPSA) is 52.8 Å². The molecule has 0 saturated carbocycles. The molecule has 4 heterocycles. The van der Waals surface area contributed by atoms with Crippen LogP contribution in [0.3, 0.4) is 0 Å². The van der Waals surface area contributed by atoms with Gasteiger partial charge in [0.15, 0.2) is 0 Å². The molecule has 1 aliphatic heterocycles. The second-order valence-corrected chi connectivity index (χ2v) is 9.34. The Morgan fingerprint density at radius 1 is 0.579 bits per heavy atom. The zero-order valence-electron chi connectivity index (χ0n) is 21.1. The van der Waals surface area contributed by atoms with E-state index in [2.05, 4.69) is 96.3 Å². The van der Waals surface area contributed by atoms with E-state index in [1.54, 1.807) is 0 Å². The monoisotopic (exact) mass is 581 g/mol. The molecular formula is C33H27N4Ru. The van der Waals surface area contributed by atoms with Crippen molar-refractivity contribution in [2.24, 2.45) is 0 Å². The summed E-state index contributed by atoms with van der Waals surface area (Å²) >= 11 is 0. The van der Waals surface area contributed by atoms with E-state index in [1.165, 1.54) is 0 Å². The van der Waals surface area contributed by atoms with Gasteiger partial charge in [0.05, 0.1) is 22.8 Å². The van der Waals surface area contributed by atoms with Crippen molar-refractivity contribution in [3.63, 3.8) is 0 Å². The fourth-order valence-electron chi connectivity index (χ4n) is 5.26. The number of benzene rings is 2. The largest absolute Gasteiger partial charge is 3.00 e. The Bertz CT molecular complexity index is 1380. The van der Waals surface area contributed by atoms with Crippen molar-refractivity contribution in [3.05, 3.63) is 166 Å². The molecule has 5 heteroatoms. The minimum atomic E-state index is -0.135. The number of pyridine rings is 3. The van der Waals surface area contributed by atoms with Crippen molar-refractivity contribution < 1.29 is 19.5 Å². The summed E-state index contributed by atoms with van der Waals surface area (Å²) in [5, 5.41) is 4.41. The van der Waals surface area contributed by atoms with Gasteiger partial charge in [-0.05, 0) is 36.4 Å². The van der Waals surface area contributed by atoms with Gasteiger partial charge in [0.1, 0.15) is 0 Å². The van der Waals surface area contributed by atoms with Gasteiger partial charge in [-0.1, -0.05) is 24.6 Å². The molecule has 2 unspecified atom stereocenters. The minimum Gasteiger partial charge on any atom is -0.665 e. The molecule has 0 spiro atoms. The number of aromatic nitrogens is 3. The molecule has 4 nitrogen and oxygen atoms in total. The van der Waals surface area contributed by atoms with Crippen molar-refractivity contribution in [2.45, 2.75) is 24.2 Å². The molecule has 38 heavy (non-hydrogen) atoms. The SMILES string of the molecule is C[N-]CCC1c2cccc(n2)C(c2[c-]cccc2)c2cccc(n2)C(c2[c-]cccc2)c2cccc1n2.[Ru+3]. The second-order valence-electron chi connectivity index (χ2n) is 9.34. The molecule has 0 aliphatic carbocycles. The summed E-state index contributed by atoms with van der Waals surface area (Å²) in [6.07, 6.45) is 0.844.